The van der Waals surface area contributed by atoms with E-state index in [0.717, 1.165) is 0 Å². The molecule has 1 heterocycles. The zero-order valence-electron chi connectivity index (χ0n) is 5.64. The molecule has 0 radical (unpaired) electrons. The second-order valence-corrected chi connectivity index (χ2v) is 6.56. The number of aromatic nitrogens is 1. The molecule has 0 aliphatic carbocycles. The molecule has 0 saturated heterocycles. The molecule has 1 aromatic heterocycles. The number of benzene rings is 1. The molecule has 0 spiro atoms. The van der Waals surface area contributed by atoms with Crippen molar-refractivity contribution < 1.29 is 17.2 Å². The van der Waals surface area contributed by atoms with E-state index in [9.17, 15) is 0 Å². The van der Waals surface area contributed by atoms with E-state index < -0.39 is 0 Å². The molecule has 1 N–H and O–H groups in total. The van der Waals surface area contributed by atoms with Crippen LogP contribution in [0.5, 0.6) is 0 Å². The quantitative estimate of drug-likeness (QED) is 0.669. The molecule has 0 aliphatic rings. The molecule has 0 bridgehead atoms. The fourth-order valence-electron chi connectivity index (χ4n) is 1.10. The Kier molecular flexibility index (Phi) is 2.36. The topological polar surface area (TPSA) is 15.8 Å². The summed E-state index contributed by atoms with van der Waals surface area (Å²) < 4.78 is 1.50. The average Bonchev–Trinajstić information content (AvgIpc) is 2.47. The zero-order chi connectivity index (χ0) is 7.68. The summed E-state index contributed by atoms with van der Waals surface area (Å²) in [6.45, 7) is 0. The Bertz CT molecular complexity index is 367. The molecule has 3 heteroatoms. The number of para-hydroxylation sites is 1. The summed E-state index contributed by atoms with van der Waals surface area (Å²) in [5.41, 5.74) is 1.26. The Balaban J connectivity index is 2.76. The van der Waals surface area contributed by atoms with Gasteiger partial charge in [-0.05, 0) is 0 Å². The SMILES string of the molecule is I[I-]c1c[nH]c2ccccc12. The van der Waals surface area contributed by atoms with E-state index in [1.165, 1.54) is 14.5 Å². The summed E-state index contributed by atoms with van der Waals surface area (Å²) in [6.07, 6.45) is 2.13. The van der Waals surface area contributed by atoms with Crippen molar-refractivity contribution in [3.63, 3.8) is 0 Å². The zero-order valence-corrected chi connectivity index (χ0v) is 9.96. The summed E-state index contributed by atoms with van der Waals surface area (Å²) >= 11 is 2.67. The molecule has 1 nitrogen and oxygen atoms in total. The van der Waals surface area contributed by atoms with Gasteiger partial charge in [-0.3, -0.25) is 0 Å². The van der Waals surface area contributed by atoms with Crippen LogP contribution in [0.1, 0.15) is 0 Å². The standard InChI is InChI=1S/C8H6I2N/c9-10-7-5-11-8-4-2-1-3-6(7)8/h1-5,11H/q-1. The van der Waals surface area contributed by atoms with E-state index in [4.69, 9.17) is 0 Å². The van der Waals surface area contributed by atoms with Crippen molar-refractivity contribution in [1.29, 1.82) is 0 Å². The third-order valence-corrected chi connectivity index (χ3v) is 5.89. The molecule has 0 unspecified atom stereocenters. The molecular formula is C8H6I2N-. The van der Waals surface area contributed by atoms with Crippen molar-refractivity contribution in [2.75, 3.05) is 0 Å². The van der Waals surface area contributed by atoms with Gasteiger partial charge in [0.1, 0.15) is 0 Å². The minimum absolute atomic E-state index is 0.184. The molecule has 0 aliphatic heterocycles. The number of halogens is 2. The van der Waals surface area contributed by atoms with E-state index in [2.05, 4.69) is 54.1 Å². The van der Waals surface area contributed by atoms with Crippen LogP contribution in [-0.2, 0) is 0 Å². The van der Waals surface area contributed by atoms with Crippen molar-refractivity contribution in [2.24, 2.45) is 0 Å². The van der Waals surface area contributed by atoms with Crippen molar-refractivity contribution >= 4 is 29.5 Å². The summed E-state index contributed by atoms with van der Waals surface area (Å²) in [5.74, 6) is 0. The van der Waals surface area contributed by atoms with Crippen LogP contribution < -0.4 is 17.2 Å². The van der Waals surface area contributed by atoms with E-state index in [1.807, 2.05) is 0 Å². The number of aromatic amines is 1. The number of rotatable bonds is 1. The molecule has 2 rings (SSSR count). The van der Waals surface area contributed by atoms with Crippen LogP contribution in [-0.4, -0.2) is 4.98 Å². The third kappa shape index (κ3) is 1.40. The van der Waals surface area contributed by atoms with Crippen molar-refractivity contribution in [1.82, 2.24) is 4.98 Å². The van der Waals surface area contributed by atoms with Gasteiger partial charge in [0.25, 0.3) is 0 Å². The van der Waals surface area contributed by atoms with Crippen molar-refractivity contribution in [3.8, 4) is 0 Å². The molecule has 0 amide bonds. The maximum absolute atomic E-state index is 3.26. The number of H-pyrrole nitrogens is 1. The van der Waals surface area contributed by atoms with Crippen LogP contribution in [0.25, 0.3) is 10.9 Å². The van der Waals surface area contributed by atoms with Gasteiger partial charge in [0.05, 0.1) is 0 Å². The Morgan fingerprint density at radius 2 is 2.09 bits per heavy atom. The predicted octanol–water partition coefficient (Wildman–Crippen LogP) is -0.224. The van der Waals surface area contributed by atoms with E-state index >= 15 is 0 Å². The van der Waals surface area contributed by atoms with Crippen LogP contribution in [0.2, 0.25) is 0 Å². The Labute approximate surface area is 85.0 Å². The second-order valence-electron chi connectivity index (χ2n) is 2.25. The van der Waals surface area contributed by atoms with Gasteiger partial charge in [-0.25, -0.2) is 0 Å². The number of nitrogens with one attached hydrogen (secondary N) is 1. The summed E-state index contributed by atoms with van der Waals surface area (Å²) in [6, 6.07) is 8.46. The second kappa shape index (κ2) is 3.30. The van der Waals surface area contributed by atoms with Gasteiger partial charge in [-0.15, -0.1) is 0 Å². The van der Waals surface area contributed by atoms with Crippen LogP contribution in [0.4, 0.5) is 0 Å². The molecule has 0 atom stereocenters. The number of hydrogen-bond acceptors (Lipinski definition) is 0. The van der Waals surface area contributed by atoms with Gasteiger partial charge in [0, 0.05) is 0 Å². The fourth-order valence-corrected chi connectivity index (χ4v) is 4.32. The Hall–Kier alpha value is 0.220. The maximum atomic E-state index is 3.26. The Morgan fingerprint density at radius 1 is 1.27 bits per heavy atom. The van der Waals surface area contributed by atoms with Gasteiger partial charge >= 0.3 is 85.8 Å². The Morgan fingerprint density at radius 3 is 2.91 bits per heavy atom. The number of hydrogen-bond donors (Lipinski definition) is 1. The molecule has 58 valence electrons. The predicted molar refractivity (Wildman–Crippen MR) is 51.0 cm³/mol. The molecular weight excluding hydrogens is 364 g/mol. The molecule has 11 heavy (non-hydrogen) atoms. The van der Waals surface area contributed by atoms with E-state index in [-0.39, 0.29) is 17.2 Å². The van der Waals surface area contributed by atoms with Gasteiger partial charge in [-0.2, -0.15) is 0 Å². The molecule has 0 saturated carbocycles. The normalized spacial score (nSPS) is 11.0. The van der Waals surface area contributed by atoms with Gasteiger partial charge in [0.15, 0.2) is 0 Å². The first kappa shape index (κ1) is 7.85. The van der Waals surface area contributed by atoms with Crippen LogP contribution in [0.15, 0.2) is 30.5 Å². The minimum atomic E-state index is 0.184. The summed E-state index contributed by atoms with van der Waals surface area (Å²) in [5, 5.41) is 1.40. The molecule has 2 aromatic rings. The number of fused-ring (bicyclic) bond motifs is 1. The fraction of sp³-hybridized carbons (Fsp3) is 0. The van der Waals surface area contributed by atoms with Crippen molar-refractivity contribution in [3.05, 3.63) is 34.0 Å². The average molecular weight is 370 g/mol. The first-order valence-electron chi connectivity index (χ1n) is 3.24. The van der Waals surface area contributed by atoms with Gasteiger partial charge in [0.2, 0.25) is 0 Å². The van der Waals surface area contributed by atoms with Crippen LogP contribution in [0, 0.1) is 3.57 Å². The van der Waals surface area contributed by atoms with Crippen LogP contribution in [0.3, 0.4) is 0 Å². The first-order chi connectivity index (χ1) is 5.42. The molecule has 1 aromatic carbocycles. The van der Waals surface area contributed by atoms with E-state index in [0.29, 0.717) is 0 Å². The summed E-state index contributed by atoms with van der Waals surface area (Å²) in [4.78, 5) is 3.26. The summed E-state index contributed by atoms with van der Waals surface area (Å²) in [7, 11) is 0. The molecule has 0 fully saturated rings. The third-order valence-electron chi connectivity index (χ3n) is 1.62. The van der Waals surface area contributed by atoms with Gasteiger partial charge < -0.3 is 0 Å². The first-order valence-corrected chi connectivity index (χ1v) is 10.6. The van der Waals surface area contributed by atoms with Crippen LogP contribution >= 0.6 is 18.6 Å². The monoisotopic (exact) mass is 370 g/mol. The van der Waals surface area contributed by atoms with Crippen molar-refractivity contribution in [2.45, 2.75) is 0 Å². The van der Waals surface area contributed by atoms with E-state index in [1.54, 1.807) is 0 Å². The van der Waals surface area contributed by atoms with Gasteiger partial charge in [-0.1, -0.05) is 0 Å².